The Bertz CT molecular complexity index is 1200. The van der Waals surface area contributed by atoms with Crippen LogP contribution in [0.25, 0.3) is 21.3 Å². The van der Waals surface area contributed by atoms with Crippen LogP contribution in [0.5, 0.6) is 0 Å². The summed E-state index contributed by atoms with van der Waals surface area (Å²) in [5.74, 6) is 0.670. The van der Waals surface area contributed by atoms with Crippen LogP contribution in [0.2, 0.25) is 0 Å². The number of rotatable bonds is 3. The molecule has 3 aromatic heterocycles. The highest BCUT2D eigenvalue weighted by atomic mass is 32.2. The SMILES string of the molecule is Cc1nc2ccccc2nc1S[C@H](C)c1nc2sc(C)c(C)c2c(=O)[nH]1. The van der Waals surface area contributed by atoms with E-state index in [9.17, 15) is 4.79 Å². The van der Waals surface area contributed by atoms with Crippen molar-refractivity contribution in [2.75, 3.05) is 0 Å². The number of hydrogen-bond donors (Lipinski definition) is 1. The van der Waals surface area contributed by atoms with Crippen LogP contribution in [0.15, 0.2) is 34.1 Å². The largest absolute Gasteiger partial charge is 0.309 e. The number of hydrogen-bond acceptors (Lipinski definition) is 6. The number of para-hydroxylation sites is 2. The van der Waals surface area contributed by atoms with Crippen molar-refractivity contribution in [3.8, 4) is 0 Å². The summed E-state index contributed by atoms with van der Waals surface area (Å²) in [6.07, 6.45) is 0. The van der Waals surface area contributed by atoms with Crippen LogP contribution in [0.4, 0.5) is 0 Å². The summed E-state index contributed by atoms with van der Waals surface area (Å²) in [4.78, 5) is 31.4. The van der Waals surface area contributed by atoms with E-state index in [1.54, 1.807) is 23.1 Å². The Labute approximate surface area is 158 Å². The first-order valence-corrected chi connectivity index (χ1v) is 10.0. The minimum absolute atomic E-state index is 0.0380. The minimum atomic E-state index is -0.0689. The Balaban J connectivity index is 1.72. The van der Waals surface area contributed by atoms with Gasteiger partial charge in [-0.1, -0.05) is 23.9 Å². The highest BCUT2D eigenvalue weighted by molar-refractivity contribution is 7.99. The number of nitrogens with one attached hydrogen (secondary N) is 1. The second-order valence-electron chi connectivity index (χ2n) is 6.28. The lowest BCUT2D eigenvalue weighted by Crippen LogP contribution is -2.12. The van der Waals surface area contributed by atoms with Gasteiger partial charge in [-0.25, -0.2) is 15.0 Å². The smallest absolute Gasteiger partial charge is 0.259 e. The molecule has 0 aliphatic rings. The maximum atomic E-state index is 12.5. The third kappa shape index (κ3) is 2.91. The van der Waals surface area contributed by atoms with Crippen molar-refractivity contribution in [2.24, 2.45) is 0 Å². The average molecular weight is 383 g/mol. The minimum Gasteiger partial charge on any atom is -0.309 e. The van der Waals surface area contributed by atoms with Gasteiger partial charge in [0.15, 0.2) is 0 Å². The highest BCUT2D eigenvalue weighted by Gasteiger charge is 2.18. The number of thiophene rings is 1. The molecule has 0 amide bonds. The molecule has 3 heterocycles. The molecule has 0 saturated carbocycles. The number of aryl methyl sites for hydroxylation is 3. The van der Waals surface area contributed by atoms with Crippen molar-refractivity contribution in [3.05, 3.63) is 56.6 Å². The number of benzene rings is 1. The molecule has 4 rings (SSSR count). The molecule has 0 aliphatic heterocycles. The Morgan fingerprint density at radius 1 is 1.08 bits per heavy atom. The van der Waals surface area contributed by atoms with E-state index in [0.717, 1.165) is 37.0 Å². The van der Waals surface area contributed by atoms with E-state index in [2.05, 4.69) is 9.97 Å². The Kier molecular flexibility index (Phi) is 4.28. The zero-order valence-corrected chi connectivity index (χ0v) is 16.6. The lowest BCUT2D eigenvalue weighted by Gasteiger charge is -2.12. The topological polar surface area (TPSA) is 71.5 Å². The number of aromatic nitrogens is 4. The number of aromatic amines is 1. The normalized spacial score (nSPS) is 12.8. The lowest BCUT2D eigenvalue weighted by molar-refractivity contribution is 0.916. The molecular formula is C19H18N4OS2. The molecule has 0 bridgehead atoms. The summed E-state index contributed by atoms with van der Waals surface area (Å²) < 4.78 is 0. The van der Waals surface area contributed by atoms with E-state index in [1.807, 2.05) is 52.0 Å². The van der Waals surface area contributed by atoms with Gasteiger partial charge in [-0.2, -0.15) is 0 Å². The third-order valence-corrected chi connectivity index (χ3v) is 6.72. The van der Waals surface area contributed by atoms with Crippen LogP contribution in [-0.4, -0.2) is 19.9 Å². The van der Waals surface area contributed by atoms with Gasteiger partial charge in [0.1, 0.15) is 15.7 Å². The first-order chi connectivity index (χ1) is 12.4. The second kappa shape index (κ2) is 6.48. The Morgan fingerprint density at radius 2 is 1.77 bits per heavy atom. The van der Waals surface area contributed by atoms with E-state index < -0.39 is 0 Å². The summed E-state index contributed by atoms with van der Waals surface area (Å²) in [6, 6.07) is 7.83. The molecule has 0 unspecified atom stereocenters. The summed E-state index contributed by atoms with van der Waals surface area (Å²) in [5.41, 5.74) is 3.59. The number of thioether (sulfide) groups is 1. The summed E-state index contributed by atoms with van der Waals surface area (Å²) in [7, 11) is 0. The Hall–Kier alpha value is -2.25. The summed E-state index contributed by atoms with van der Waals surface area (Å²) in [6.45, 7) is 7.97. The molecule has 5 nitrogen and oxygen atoms in total. The molecule has 0 saturated heterocycles. The first-order valence-electron chi connectivity index (χ1n) is 8.34. The molecule has 4 aromatic rings. The molecule has 0 fully saturated rings. The van der Waals surface area contributed by atoms with Gasteiger partial charge in [-0.3, -0.25) is 4.79 Å². The first kappa shape index (κ1) is 17.2. The van der Waals surface area contributed by atoms with E-state index in [0.29, 0.717) is 11.2 Å². The Morgan fingerprint density at radius 3 is 2.50 bits per heavy atom. The maximum Gasteiger partial charge on any atom is 0.259 e. The van der Waals surface area contributed by atoms with Crippen LogP contribution >= 0.6 is 23.1 Å². The predicted octanol–water partition coefficient (Wildman–Crippen LogP) is 4.71. The van der Waals surface area contributed by atoms with Gasteiger partial charge in [0.05, 0.1) is 27.4 Å². The molecule has 1 N–H and O–H groups in total. The second-order valence-corrected chi connectivity index (χ2v) is 8.81. The van der Waals surface area contributed by atoms with Crippen LogP contribution < -0.4 is 5.56 Å². The van der Waals surface area contributed by atoms with Gasteiger partial charge < -0.3 is 4.98 Å². The quantitative estimate of drug-likeness (QED) is 0.520. The molecule has 26 heavy (non-hydrogen) atoms. The van der Waals surface area contributed by atoms with Crippen LogP contribution in [-0.2, 0) is 0 Å². The van der Waals surface area contributed by atoms with E-state index in [4.69, 9.17) is 9.97 Å². The third-order valence-electron chi connectivity index (χ3n) is 4.43. The van der Waals surface area contributed by atoms with E-state index in [1.165, 1.54) is 0 Å². The molecular weight excluding hydrogens is 364 g/mol. The van der Waals surface area contributed by atoms with Gasteiger partial charge in [0, 0.05) is 4.88 Å². The fraction of sp³-hybridized carbons (Fsp3) is 0.263. The molecule has 1 aromatic carbocycles. The standard InChI is InChI=1S/C19H18N4OS2/c1-9-11(3)25-19-15(9)17(24)22-16(23-19)12(4)26-18-10(2)20-13-7-5-6-8-14(13)21-18/h5-8,12H,1-4H3,(H,22,23,24)/t12-/m1/s1. The predicted molar refractivity (Wildman–Crippen MR) is 108 cm³/mol. The van der Waals surface area contributed by atoms with Crippen LogP contribution in [0.1, 0.15) is 34.1 Å². The van der Waals surface area contributed by atoms with Crippen molar-refractivity contribution >= 4 is 44.3 Å². The zero-order chi connectivity index (χ0) is 18.4. The maximum absolute atomic E-state index is 12.5. The molecule has 0 spiro atoms. The number of nitrogens with zero attached hydrogens (tertiary/aromatic N) is 3. The zero-order valence-electron chi connectivity index (χ0n) is 15.0. The van der Waals surface area contributed by atoms with Crippen molar-refractivity contribution in [2.45, 2.75) is 38.0 Å². The van der Waals surface area contributed by atoms with Gasteiger partial charge in [-0.05, 0) is 45.4 Å². The fourth-order valence-corrected chi connectivity index (χ4v) is 4.83. The molecule has 132 valence electrons. The van der Waals surface area contributed by atoms with Crippen LogP contribution in [0, 0.1) is 20.8 Å². The van der Waals surface area contributed by atoms with Crippen molar-refractivity contribution in [3.63, 3.8) is 0 Å². The summed E-state index contributed by atoms with van der Waals surface area (Å²) in [5, 5.41) is 1.52. The van der Waals surface area contributed by atoms with Gasteiger partial charge in [0.2, 0.25) is 0 Å². The van der Waals surface area contributed by atoms with E-state index >= 15 is 0 Å². The molecule has 7 heteroatoms. The summed E-state index contributed by atoms with van der Waals surface area (Å²) >= 11 is 3.13. The average Bonchev–Trinajstić information content (AvgIpc) is 2.90. The van der Waals surface area contributed by atoms with E-state index in [-0.39, 0.29) is 10.8 Å². The molecule has 0 radical (unpaired) electrons. The fourth-order valence-electron chi connectivity index (χ4n) is 2.87. The lowest BCUT2D eigenvalue weighted by atomic mass is 10.2. The van der Waals surface area contributed by atoms with Gasteiger partial charge in [0.25, 0.3) is 5.56 Å². The molecule has 0 aliphatic carbocycles. The van der Waals surface area contributed by atoms with Gasteiger partial charge in [-0.15, -0.1) is 11.3 Å². The van der Waals surface area contributed by atoms with Crippen molar-refractivity contribution in [1.29, 1.82) is 0 Å². The van der Waals surface area contributed by atoms with Crippen LogP contribution in [0.3, 0.4) is 0 Å². The monoisotopic (exact) mass is 382 g/mol. The number of fused-ring (bicyclic) bond motifs is 2. The highest BCUT2D eigenvalue weighted by Crippen LogP contribution is 2.35. The van der Waals surface area contributed by atoms with Crippen molar-refractivity contribution < 1.29 is 0 Å². The van der Waals surface area contributed by atoms with Crippen molar-refractivity contribution in [1.82, 2.24) is 19.9 Å². The molecule has 1 atom stereocenters. The number of H-pyrrole nitrogens is 1. The van der Waals surface area contributed by atoms with Gasteiger partial charge >= 0.3 is 0 Å².